The van der Waals surface area contributed by atoms with Gasteiger partial charge in [0.05, 0.1) is 12.1 Å². The van der Waals surface area contributed by atoms with Crippen LogP contribution in [0.15, 0.2) is 42.5 Å². The van der Waals surface area contributed by atoms with Gasteiger partial charge in [-0.15, -0.1) is 0 Å². The van der Waals surface area contributed by atoms with Crippen molar-refractivity contribution in [3.05, 3.63) is 53.6 Å². The number of carbonyl (C=O) groups excluding carboxylic acids is 2. The first-order chi connectivity index (χ1) is 13.5. The molecule has 1 atom stereocenters. The van der Waals surface area contributed by atoms with Crippen LogP contribution in [0.5, 0.6) is 5.75 Å². The molecule has 0 saturated carbocycles. The molecule has 2 aliphatic rings. The molecule has 1 N–H and O–H groups in total. The van der Waals surface area contributed by atoms with E-state index >= 15 is 0 Å². The lowest BCUT2D eigenvalue weighted by Crippen LogP contribution is -2.50. The third-order valence-corrected chi connectivity index (χ3v) is 5.62. The second-order valence-corrected chi connectivity index (χ2v) is 7.38. The molecule has 0 aromatic heterocycles. The van der Waals surface area contributed by atoms with Crippen molar-refractivity contribution in [1.82, 2.24) is 4.90 Å². The molecular weight excluding hydrogens is 354 g/mol. The SMILES string of the molecule is Cc1cccc(N2CCN(C(=O)C[C@H]3Oc4ccccc4NC3=O)CC2)c1C. The fourth-order valence-corrected chi connectivity index (χ4v) is 3.79. The van der Waals surface area contributed by atoms with Crippen molar-refractivity contribution in [1.29, 1.82) is 0 Å². The van der Waals surface area contributed by atoms with E-state index in [-0.39, 0.29) is 18.2 Å². The quantitative estimate of drug-likeness (QED) is 0.891. The highest BCUT2D eigenvalue weighted by Gasteiger charge is 2.32. The zero-order valence-electron chi connectivity index (χ0n) is 16.3. The summed E-state index contributed by atoms with van der Waals surface area (Å²) in [6.45, 7) is 7.13. The Morgan fingerprint density at radius 1 is 1.07 bits per heavy atom. The van der Waals surface area contributed by atoms with E-state index in [2.05, 4.69) is 42.3 Å². The van der Waals surface area contributed by atoms with E-state index in [1.807, 2.05) is 17.0 Å². The highest BCUT2D eigenvalue weighted by atomic mass is 16.5. The van der Waals surface area contributed by atoms with Gasteiger partial charge < -0.3 is 19.9 Å². The van der Waals surface area contributed by atoms with Crippen molar-refractivity contribution in [2.45, 2.75) is 26.4 Å². The van der Waals surface area contributed by atoms with E-state index in [0.29, 0.717) is 24.5 Å². The molecule has 2 amide bonds. The lowest BCUT2D eigenvalue weighted by molar-refractivity contribution is -0.137. The van der Waals surface area contributed by atoms with Crippen LogP contribution in [-0.2, 0) is 9.59 Å². The Kier molecular flexibility index (Phi) is 4.94. The molecule has 28 heavy (non-hydrogen) atoms. The number of fused-ring (bicyclic) bond motifs is 1. The van der Waals surface area contributed by atoms with Crippen LogP contribution in [0.25, 0.3) is 0 Å². The molecule has 1 saturated heterocycles. The molecule has 0 spiro atoms. The second-order valence-electron chi connectivity index (χ2n) is 7.38. The third-order valence-electron chi connectivity index (χ3n) is 5.62. The molecule has 0 unspecified atom stereocenters. The molecule has 1 fully saturated rings. The average molecular weight is 379 g/mol. The van der Waals surface area contributed by atoms with Crippen molar-refractivity contribution in [3.63, 3.8) is 0 Å². The van der Waals surface area contributed by atoms with Gasteiger partial charge in [-0.05, 0) is 43.2 Å². The van der Waals surface area contributed by atoms with Crippen LogP contribution < -0.4 is 15.0 Å². The minimum atomic E-state index is -0.778. The topological polar surface area (TPSA) is 61.9 Å². The molecule has 146 valence electrons. The Labute approximate surface area is 165 Å². The van der Waals surface area contributed by atoms with Crippen LogP contribution >= 0.6 is 0 Å². The van der Waals surface area contributed by atoms with E-state index in [1.165, 1.54) is 16.8 Å². The average Bonchev–Trinajstić information content (AvgIpc) is 2.71. The predicted octanol–water partition coefficient (Wildman–Crippen LogP) is 2.74. The zero-order chi connectivity index (χ0) is 19.7. The number of carbonyl (C=O) groups is 2. The number of anilines is 2. The van der Waals surface area contributed by atoms with Crippen molar-refractivity contribution >= 4 is 23.2 Å². The molecule has 4 rings (SSSR count). The van der Waals surface area contributed by atoms with Gasteiger partial charge in [-0.1, -0.05) is 24.3 Å². The number of nitrogens with one attached hydrogen (secondary N) is 1. The van der Waals surface area contributed by atoms with Crippen molar-refractivity contribution < 1.29 is 14.3 Å². The summed E-state index contributed by atoms with van der Waals surface area (Å²) in [4.78, 5) is 29.2. The van der Waals surface area contributed by atoms with Crippen LogP contribution in [0, 0.1) is 13.8 Å². The van der Waals surface area contributed by atoms with E-state index < -0.39 is 6.10 Å². The standard InChI is InChI=1S/C22H25N3O3/c1-15-6-5-8-18(16(15)2)24-10-12-25(13-11-24)21(26)14-20-22(27)23-17-7-3-4-9-19(17)28-20/h3-9,20H,10-14H2,1-2H3,(H,23,27)/t20-/m1/s1. The van der Waals surface area contributed by atoms with Crippen LogP contribution in [0.1, 0.15) is 17.5 Å². The molecule has 0 radical (unpaired) electrons. The van der Waals surface area contributed by atoms with Crippen LogP contribution in [0.2, 0.25) is 0 Å². The second kappa shape index (κ2) is 7.54. The fraction of sp³-hybridized carbons (Fsp3) is 0.364. The van der Waals surface area contributed by atoms with Crippen molar-refractivity contribution in [2.75, 3.05) is 36.4 Å². The van der Waals surface area contributed by atoms with Gasteiger partial charge in [-0.25, -0.2) is 0 Å². The molecule has 2 heterocycles. The highest BCUT2D eigenvalue weighted by Crippen LogP contribution is 2.30. The van der Waals surface area contributed by atoms with Gasteiger partial charge in [0.15, 0.2) is 6.10 Å². The van der Waals surface area contributed by atoms with E-state index in [4.69, 9.17) is 4.74 Å². The Hall–Kier alpha value is -3.02. The van der Waals surface area contributed by atoms with Gasteiger partial charge in [0.1, 0.15) is 5.75 Å². The molecule has 2 aromatic carbocycles. The maximum atomic E-state index is 12.7. The maximum Gasteiger partial charge on any atom is 0.266 e. The van der Waals surface area contributed by atoms with Crippen LogP contribution in [0.4, 0.5) is 11.4 Å². The minimum absolute atomic E-state index is 0.0415. The van der Waals surface area contributed by atoms with Gasteiger partial charge in [0.25, 0.3) is 5.91 Å². The number of piperazine rings is 1. The molecule has 0 aliphatic carbocycles. The first kappa shape index (κ1) is 18.3. The van der Waals surface area contributed by atoms with E-state index in [0.717, 1.165) is 13.1 Å². The Morgan fingerprint density at radius 2 is 1.82 bits per heavy atom. The number of aryl methyl sites for hydroxylation is 1. The van der Waals surface area contributed by atoms with Gasteiger partial charge in [-0.2, -0.15) is 0 Å². The summed E-state index contributed by atoms with van der Waals surface area (Å²) in [5.74, 6) is 0.306. The Bertz CT molecular complexity index is 904. The van der Waals surface area contributed by atoms with Gasteiger partial charge in [-0.3, -0.25) is 9.59 Å². The summed E-state index contributed by atoms with van der Waals surface area (Å²) in [6.07, 6.45) is -0.719. The molecule has 0 bridgehead atoms. The largest absolute Gasteiger partial charge is 0.478 e. The summed E-state index contributed by atoms with van der Waals surface area (Å²) in [7, 11) is 0. The molecule has 2 aliphatic heterocycles. The summed E-state index contributed by atoms with van der Waals surface area (Å²) in [5, 5.41) is 2.82. The summed E-state index contributed by atoms with van der Waals surface area (Å²) >= 11 is 0. The van der Waals surface area contributed by atoms with Crippen molar-refractivity contribution in [3.8, 4) is 5.75 Å². The van der Waals surface area contributed by atoms with E-state index in [9.17, 15) is 9.59 Å². The number of amides is 2. The number of ether oxygens (including phenoxy) is 1. The number of hydrogen-bond acceptors (Lipinski definition) is 4. The Balaban J connectivity index is 1.36. The first-order valence-electron chi connectivity index (χ1n) is 9.68. The predicted molar refractivity (Wildman–Crippen MR) is 109 cm³/mol. The highest BCUT2D eigenvalue weighted by molar-refractivity contribution is 5.99. The minimum Gasteiger partial charge on any atom is -0.478 e. The van der Waals surface area contributed by atoms with Gasteiger partial charge >= 0.3 is 0 Å². The molecular formula is C22H25N3O3. The number of nitrogens with zero attached hydrogens (tertiary/aromatic N) is 2. The van der Waals surface area contributed by atoms with Crippen LogP contribution in [-0.4, -0.2) is 49.0 Å². The molecule has 2 aromatic rings. The number of rotatable bonds is 3. The van der Waals surface area contributed by atoms with Crippen LogP contribution in [0.3, 0.4) is 0 Å². The van der Waals surface area contributed by atoms with Gasteiger partial charge in [0.2, 0.25) is 5.91 Å². The summed E-state index contributed by atoms with van der Waals surface area (Å²) in [5.41, 5.74) is 4.45. The fourth-order valence-electron chi connectivity index (χ4n) is 3.79. The van der Waals surface area contributed by atoms with Gasteiger partial charge in [0, 0.05) is 31.9 Å². The first-order valence-corrected chi connectivity index (χ1v) is 9.68. The van der Waals surface area contributed by atoms with Crippen molar-refractivity contribution in [2.24, 2.45) is 0 Å². The molecule has 6 heteroatoms. The maximum absolute atomic E-state index is 12.7. The zero-order valence-corrected chi connectivity index (χ0v) is 16.3. The number of para-hydroxylation sites is 2. The lowest BCUT2D eigenvalue weighted by Gasteiger charge is -2.37. The third kappa shape index (κ3) is 3.54. The van der Waals surface area contributed by atoms with E-state index in [1.54, 1.807) is 12.1 Å². The monoisotopic (exact) mass is 379 g/mol. The normalized spacial score (nSPS) is 18.9. The summed E-state index contributed by atoms with van der Waals surface area (Å²) in [6, 6.07) is 13.6. The number of benzene rings is 2. The number of hydrogen-bond donors (Lipinski definition) is 1. The lowest BCUT2D eigenvalue weighted by atomic mass is 10.1. The molecule has 6 nitrogen and oxygen atoms in total. The Morgan fingerprint density at radius 3 is 2.61 bits per heavy atom. The summed E-state index contributed by atoms with van der Waals surface area (Å²) < 4.78 is 5.76. The smallest absolute Gasteiger partial charge is 0.266 e.